The van der Waals surface area contributed by atoms with E-state index in [0.29, 0.717) is 0 Å². The van der Waals surface area contributed by atoms with E-state index in [1.165, 1.54) is 11.1 Å². The van der Waals surface area contributed by atoms with E-state index in [0.717, 1.165) is 18.4 Å². The Morgan fingerprint density at radius 2 is 1.45 bits per heavy atom. The first-order chi connectivity index (χ1) is 9.62. The Morgan fingerprint density at radius 1 is 0.900 bits per heavy atom. The number of benzene rings is 2. The molecule has 0 spiro atoms. The van der Waals surface area contributed by atoms with Crippen molar-refractivity contribution in [2.75, 3.05) is 0 Å². The van der Waals surface area contributed by atoms with Gasteiger partial charge in [0.1, 0.15) is 0 Å². The maximum absolute atomic E-state index is 12.2. The van der Waals surface area contributed by atoms with Crippen molar-refractivity contribution < 1.29 is 8.42 Å². The van der Waals surface area contributed by atoms with Gasteiger partial charge in [-0.15, -0.1) is 0 Å². The van der Waals surface area contributed by atoms with Gasteiger partial charge >= 0.3 is 0 Å². The topological polar surface area (TPSA) is 46.2 Å². The Labute approximate surface area is 119 Å². The quantitative estimate of drug-likeness (QED) is 0.937. The van der Waals surface area contributed by atoms with E-state index in [2.05, 4.69) is 16.9 Å². The Kier molecular flexibility index (Phi) is 3.59. The predicted molar refractivity (Wildman–Crippen MR) is 79.8 cm³/mol. The molecular formula is C16H17NO2S. The molecule has 1 aliphatic rings. The fraction of sp³-hybridized carbons (Fsp3) is 0.250. The molecule has 20 heavy (non-hydrogen) atoms. The van der Waals surface area contributed by atoms with Crippen LogP contribution in [0.15, 0.2) is 54.6 Å². The smallest absolute Gasteiger partial charge is 0.212 e. The minimum absolute atomic E-state index is 0.0129. The van der Waals surface area contributed by atoms with E-state index in [4.69, 9.17) is 0 Å². The molecule has 0 amide bonds. The molecule has 0 saturated heterocycles. The molecule has 0 bridgehead atoms. The zero-order chi connectivity index (χ0) is 14.0. The first-order valence-electron chi connectivity index (χ1n) is 6.73. The Balaban J connectivity index is 1.67. The van der Waals surface area contributed by atoms with Crippen LogP contribution in [0.3, 0.4) is 0 Å². The molecular weight excluding hydrogens is 270 g/mol. The molecule has 1 N–H and O–H groups in total. The van der Waals surface area contributed by atoms with Gasteiger partial charge < -0.3 is 0 Å². The van der Waals surface area contributed by atoms with Gasteiger partial charge in [-0.2, -0.15) is 0 Å². The third-order valence-corrected chi connectivity index (χ3v) is 5.00. The summed E-state index contributed by atoms with van der Waals surface area (Å²) in [6.07, 6.45) is 1.56. The van der Waals surface area contributed by atoms with Gasteiger partial charge in [-0.3, -0.25) is 0 Å². The van der Waals surface area contributed by atoms with Crippen LogP contribution in [0, 0.1) is 0 Å². The molecule has 4 heteroatoms. The SMILES string of the molecule is O=S(=O)(Cc1ccccc1)NC1Cc2ccccc2C1. The third-order valence-electron chi connectivity index (χ3n) is 3.60. The molecule has 3 rings (SSSR count). The van der Waals surface area contributed by atoms with Gasteiger partial charge in [0.15, 0.2) is 0 Å². The summed E-state index contributed by atoms with van der Waals surface area (Å²) in [5.74, 6) is 0.0423. The summed E-state index contributed by atoms with van der Waals surface area (Å²) < 4.78 is 27.2. The van der Waals surface area contributed by atoms with Crippen molar-refractivity contribution >= 4 is 10.0 Å². The monoisotopic (exact) mass is 287 g/mol. The maximum Gasteiger partial charge on any atom is 0.216 e. The second-order valence-electron chi connectivity index (χ2n) is 5.24. The fourth-order valence-electron chi connectivity index (χ4n) is 2.73. The largest absolute Gasteiger partial charge is 0.216 e. The molecule has 3 nitrogen and oxygen atoms in total. The Morgan fingerprint density at radius 3 is 2.05 bits per heavy atom. The van der Waals surface area contributed by atoms with Crippen molar-refractivity contribution in [1.29, 1.82) is 0 Å². The van der Waals surface area contributed by atoms with Crippen molar-refractivity contribution in [2.24, 2.45) is 0 Å². The maximum atomic E-state index is 12.2. The number of fused-ring (bicyclic) bond motifs is 1. The van der Waals surface area contributed by atoms with Gasteiger partial charge in [-0.25, -0.2) is 13.1 Å². The highest BCUT2D eigenvalue weighted by atomic mass is 32.2. The lowest BCUT2D eigenvalue weighted by molar-refractivity contribution is 0.555. The summed E-state index contributed by atoms with van der Waals surface area (Å²) in [5.41, 5.74) is 3.32. The van der Waals surface area contributed by atoms with Gasteiger partial charge in [0.05, 0.1) is 5.75 Å². The van der Waals surface area contributed by atoms with Crippen molar-refractivity contribution in [1.82, 2.24) is 4.72 Å². The summed E-state index contributed by atoms with van der Waals surface area (Å²) in [6, 6.07) is 17.4. The number of sulfonamides is 1. The molecule has 104 valence electrons. The van der Waals surface area contributed by atoms with Crippen LogP contribution < -0.4 is 4.72 Å². The first-order valence-corrected chi connectivity index (χ1v) is 8.38. The average molecular weight is 287 g/mol. The van der Waals surface area contributed by atoms with E-state index in [-0.39, 0.29) is 11.8 Å². The number of rotatable bonds is 4. The summed E-state index contributed by atoms with van der Waals surface area (Å²) in [6.45, 7) is 0. The second kappa shape index (κ2) is 5.38. The number of hydrogen-bond donors (Lipinski definition) is 1. The highest BCUT2D eigenvalue weighted by molar-refractivity contribution is 7.88. The molecule has 2 aromatic rings. The zero-order valence-electron chi connectivity index (χ0n) is 11.1. The average Bonchev–Trinajstić information content (AvgIpc) is 2.80. The normalized spacial score (nSPS) is 15.2. The highest BCUT2D eigenvalue weighted by Crippen LogP contribution is 2.22. The van der Waals surface area contributed by atoms with Crippen molar-refractivity contribution in [3.63, 3.8) is 0 Å². The lowest BCUT2D eigenvalue weighted by Crippen LogP contribution is -2.36. The van der Waals surface area contributed by atoms with Crippen molar-refractivity contribution in [3.05, 3.63) is 71.3 Å². The Hall–Kier alpha value is -1.65. The molecule has 0 saturated carbocycles. The summed E-state index contributed by atoms with van der Waals surface area (Å²) in [5, 5.41) is 0. The summed E-state index contributed by atoms with van der Waals surface area (Å²) in [4.78, 5) is 0. The van der Waals surface area contributed by atoms with E-state index in [1.807, 2.05) is 42.5 Å². The molecule has 0 unspecified atom stereocenters. The highest BCUT2D eigenvalue weighted by Gasteiger charge is 2.25. The Bertz CT molecular complexity index is 670. The standard InChI is InChI=1S/C16H17NO2S/c18-20(19,12-13-6-2-1-3-7-13)17-16-10-14-8-4-5-9-15(14)11-16/h1-9,16-17H,10-12H2. The minimum Gasteiger partial charge on any atom is -0.212 e. The molecule has 0 aromatic heterocycles. The van der Waals surface area contributed by atoms with Gasteiger partial charge in [0.2, 0.25) is 10.0 Å². The summed E-state index contributed by atoms with van der Waals surface area (Å²) in [7, 11) is -3.29. The zero-order valence-corrected chi connectivity index (χ0v) is 11.9. The lowest BCUT2D eigenvalue weighted by atomic mass is 10.1. The van der Waals surface area contributed by atoms with Gasteiger partial charge in [0.25, 0.3) is 0 Å². The van der Waals surface area contributed by atoms with Crippen LogP contribution in [0.4, 0.5) is 0 Å². The minimum atomic E-state index is -3.29. The van der Waals surface area contributed by atoms with Gasteiger partial charge in [0, 0.05) is 6.04 Å². The molecule has 0 fully saturated rings. The predicted octanol–water partition coefficient (Wildman–Crippen LogP) is 2.27. The summed E-state index contributed by atoms with van der Waals surface area (Å²) >= 11 is 0. The van der Waals surface area contributed by atoms with E-state index >= 15 is 0 Å². The van der Waals surface area contributed by atoms with Crippen molar-refractivity contribution in [3.8, 4) is 0 Å². The van der Waals surface area contributed by atoms with Crippen LogP contribution in [-0.4, -0.2) is 14.5 Å². The van der Waals surface area contributed by atoms with Crippen molar-refractivity contribution in [2.45, 2.75) is 24.6 Å². The molecule has 0 atom stereocenters. The van der Waals surface area contributed by atoms with Gasteiger partial charge in [-0.1, -0.05) is 54.6 Å². The molecule has 0 heterocycles. The lowest BCUT2D eigenvalue weighted by Gasteiger charge is -2.12. The number of nitrogens with one attached hydrogen (secondary N) is 1. The van der Waals surface area contributed by atoms with Crippen LogP contribution in [0.2, 0.25) is 0 Å². The van der Waals surface area contributed by atoms with Crippen LogP contribution in [0.25, 0.3) is 0 Å². The molecule has 1 aliphatic carbocycles. The van der Waals surface area contributed by atoms with Crippen LogP contribution in [-0.2, 0) is 28.6 Å². The van der Waals surface area contributed by atoms with E-state index in [1.54, 1.807) is 0 Å². The van der Waals surface area contributed by atoms with E-state index < -0.39 is 10.0 Å². The van der Waals surface area contributed by atoms with Crippen LogP contribution in [0.5, 0.6) is 0 Å². The first kappa shape index (κ1) is 13.3. The molecule has 0 aliphatic heterocycles. The number of hydrogen-bond acceptors (Lipinski definition) is 2. The molecule has 2 aromatic carbocycles. The second-order valence-corrected chi connectivity index (χ2v) is 6.99. The molecule has 0 radical (unpaired) electrons. The van der Waals surface area contributed by atoms with Crippen LogP contribution in [0.1, 0.15) is 16.7 Å². The van der Waals surface area contributed by atoms with E-state index in [9.17, 15) is 8.42 Å². The third kappa shape index (κ3) is 3.08. The van der Waals surface area contributed by atoms with Gasteiger partial charge in [-0.05, 0) is 29.5 Å². The fourth-order valence-corrected chi connectivity index (χ4v) is 4.12. The van der Waals surface area contributed by atoms with Crippen LogP contribution >= 0.6 is 0 Å².